The number of hydrogen-bond donors (Lipinski definition) is 0. The van der Waals surface area contributed by atoms with Gasteiger partial charge in [0.1, 0.15) is 23.0 Å². The second-order valence-electron chi connectivity index (χ2n) is 7.94. The average Bonchev–Trinajstić information content (AvgIpc) is 3.37. The zero-order chi connectivity index (χ0) is 19.1. The van der Waals surface area contributed by atoms with Crippen molar-refractivity contribution < 1.29 is 4.74 Å². The van der Waals surface area contributed by atoms with E-state index in [1.165, 1.54) is 37.7 Å². The van der Waals surface area contributed by atoms with E-state index < -0.39 is 0 Å². The number of benzene rings is 1. The molecular weight excluding hydrogens is 350 g/mol. The molecule has 1 fully saturated rings. The van der Waals surface area contributed by atoms with Crippen LogP contribution in [0.3, 0.4) is 0 Å². The zero-order valence-corrected chi connectivity index (χ0v) is 16.6. The van der Waals surface area contributed by atoms with Gasteiger partial charge in [-0.1, -0.05) is 38.3 Å². The summed E-state index contributed by atoms with van der Waals surface area (Å²) in [6.45, 7) is 3.13. The summed E-state index contributed by atoms with van der Waals surface area (Å²) in [5.41, 5.74) is 3.35. The monoisotopic (exact) mass is 377 g/mol. The number of aromatic nitrogens is 5. The van der Waals surface area contributed by atoms with E-state index in [1.807, 2.05) is 22.9 Å². The van der Waals surface area contributed by atoms with Crippen molar-refractivity contribution >= 4 is 0 Å². The Bertz CT molecular complexity index is 983. The molecule has 0 amide bonds. The lowest BCUT2D eigenvalue weighted by molar-refractivity contribution is 0.280. The van der Waals surface area contributed by atoms with Gasteiger partial charge < -0.3 is 9.30 Å². The molecule has 0 saturated heterocycles. The molecule has 0 bridgehead atoms. The van der Waals surface area contributed by atoms with E-state index in [0.717, 1.165) is 41.7 Å². The van der Waals surface area contributed by atoms with Crippen LogP contribution in [0, 0.1) is 5.92 Å². The summed E-state index contributed by atoms with van der Waals surface area (Å²) in [6, 6.07) is 8.04. The van der Waals surface area contributed by atoms with Crippen molar-refractivity contribution in [2.45, 2.75) is 57.9 Å². The molecule has 1 aliphatic heterocycles. The first-order chi connectivity index (χ1) is 13.8. The molecule has 3 heterocycles. The molecule has 146 valence electrons. The minimum absolute atomic E-state index is 0.479. The molecule has 5 rings (SSSR count). The Balaban J connectivity index is 1.69. The first kappa shape index (κ1) is 17.5. The van der Waals surface area contributed by atoms with Gasteiger partial charge in [-0.3, -0.25) is 0 Å². The minimum Gasteiger partial charge on any atom is -0.494 e. The number of aryl methyl sites for hydroxylation is 1. The molecule has 0 spiro atoms. The second kappa shape index (κ2) is 7.08. The lowest BCUT2D eigenvalue weighted by Gasteiger charge is -2.34. The number of hydrogen-bond acceptors (Lipinski definition) is 4. The Morgan fingerprint density at radius 2 is 1.93 bits per heavy atom. The van der Waals surface area contributed by atoms with Crippen LogP contribution < -0.4 is 4.74 Å². The zero-order valence-electron chi connectivity index (χ0n) is 16.6. The molecular formula is C22H27N5O. The molecule has 1 saturated carbocycles. The van der Waals surface area contributed by atoms with Crippen molar-refractivity contribution in [2.75, 3.05) is 7.11 Å². The fourth-order valence-electron chi connectivity index (χ4n) is 5.04. The Hall–Kier alpha value is -2.63. The Morgan fingerprint density at radius 3 is 2.71 bits per heavy atom. The van der Waals surface area contributed by atoms with Crippen molar-refractivity contribution in [3.63, 3.8) is 0 Å². The van der Waals surface area contributed by atoms with E-state index >= 15 is 0 Å². The van der Waals surface area contributed by atoms with Crippen LogP contribution in [0.2, 0.25) is 0 Å². The quantitative estimate of drug-likeness (QED) is 0.677. The summed E-state index contributed by atoms with van der Waals surface area (Å²) in [7, 11) is 1.71. The van der Waals surface area contributed by atoms with E-state index in [0.29, 0.717) is 11.8 Å². The van der Waals surface area contributed by atoms with Crippen molar-refractivity contribution in [3.05, 3.63) is 41.9 Å². The van der Waals surface area contributed by atoms with Crippen LogP contribution in [0.1, 0.15) is 56.3 Å². The van der Waals surface area contributed by atoms with Crippen LogP contribution in [0.5, 0.6) is 5.75 Å². The summed E-state index contributed by atoms with van der Waals surface area (Å²) < 4.78 is 9.95. The highest BCUT2D eigenvalue weighted by Crippen LogP contribution is 2.45. The van der Waals surface area contributed by atoms with Crippen LogP contribution in [0.25, 0.3) is 17.2 Å². The van der Waals surface area contributed by atoms with Crippen LogP contribution in [0.15, 0.2) is 30.5 Å². The van der Waals surface area contributed by atoms with Gasteiger partial charge in [0.25, 0.3) is 0 Å². The van der Waals surface area contributed by atoms with Crippen molar-refractivity contribution in [1.82, 2.24) is 24.5 Å². The Labute approximate surface area is 165 Å². The Kier molecular flexibility index (Phi) is 4.41. The predicted octanol–water partition coefficient (Wildman–Crippen LogP) is 4.38. The SMILES string of the molecule is CCc1nnc2n1CC(C1CCCCC1)c1cnn(-c3ccccc3OC)c1-2. The van der Waals surface area contributed by atoms with E-state index in [2.05, 4.69) is 34.0 Å². The lowest BCUT2D eigenvalue weighted by Crippen LogP contribution is -2.26. The fourth-order valence-corrected chi connectivity index (χ4v) is 5.04. The largest absolute Gasteiger partial charge is 0.494 e. The van der Waals surface area contributed by atoms with Gasteiger partial charge in [0.15, 0.2) is 5.82 Å². The maximum absolute atomic E-state index is 5.61. The highest BCUT2D eigenvalue weighted by molar-refractivity contribution is 5.64. The molecule has 6 nitrogen and oxygen atoms in total. The normalized spacial score (nSPS) is 19.3. The molecule has 28 heavy (non-hydrogen) atoms. The Morgan fingerprint density at radius 1 is 1.11 bits per heavy atom. The molecule has 2 aliphatic rings. The van der Waals surface area contributed by atoms with Gasteiger partial charge in [0, 0.05) is 24.4 Å². The fraction of sp³-hybridized carbons (Fsp3) is 0.500. The van der Waals surface area contributed by atoms with E-state index in [4.69, 9.17) is 9.84 Å². The van der Waals surface area contributed by atoms with Crippen LogP contribution in [-0.4, -0.2) is 31.7 Å². The van der Waals surface area contributed by atoms with Gasteiger partial charge >= 0.3 is 0 Å². The lowest BCUT2D eigenvalue weighted by atomic mass is 9.75. The summed E-state index contributed by atoms with van der Waals surface area (Å²) in [6.07, 6.45) is 9.62. The molecule has 1 atom stereocenters. The third-order valence-electron chi connectivity index (χ3n) is 6.46. The molecule has 3 aromatic rings. The first-order valence-corrected chi connectivity index (χ1v) is 10.5. The van der Waals surface area contributed by atoms with E-state index in [-0.39, 0.29) is 0 Å². The number of ether oxygens (including phenoxy) is 1. The maximum atomic E-state index is 5.61. The number of para-hydroxylation sites is 2. The first-order valence-electron chi connectivity index (χ1n) is 10.5. The number of rotatable bonds is 4. The smallest absolute Gasteiger partial charge is 0.183 e. The third-order valence-corrected chi connectivity index (χ3v) is 6.46. The molecule has 1 aliphatic carbocycles. The molecule has 6 heteroatoms. The molecule has 0 N–H and O–H groups in total. The van der Waals surface area contributed by atoms with Crippen LogP contribution in [-0.2, 0) is 13.0 Å². The predicted molar refractivity (Wildman–Crippen MR) is 108 cm³/mol. The highest BCUT2D eigenvalue weighted by atomic mass is 16.5. The minimum atomic E-state index is 0.479. The van der Waals surface area contributed by atoms with E-state index in [1.54, 1.807) is 7.11 Å². The molecule has 1 aromatic carbocycles. The number of fused-ring (bicyclic) bond motifs is 3. The number of nitrogens with zero attached hydrogens (tertiary/aromatic N) is 5. The van der Waals surface area contributed by atoms with E-state index in [9.17, 15) is 0 Å². The second-order valence-corrected chi connectivity index (χ2v) is 7.94. The highest BCUT2D eigenvalue weighted by Gasteiger charge is 2.36. The van der Waals surface area contributed by atoms with Gasteiger partial charge in [-0.2, -0.15) is 5.10 Å². The summed E-state index contributed by atoms with van der Waals surface area (Å²) in [5, 5.41) is 13.9. The van der Waals surface area contributed by atoms with Gasteiger partial charge in [0.2, 0.25) is 0 Å². The van der Waals surface area contributed by atoms with Gasteiger partial charge in [-0.05, 0) is 30.9 Å². The summed E-state index contributed by atoms with van der Waals surface area (Å²) >= 11 is 0. The third kappa shape index (κ3) is 2.65. The topological polar surface area (TPSA) is 57.8 Å². The number of methoxy groups -OCH3 is 1. The maximum Gasteiger partial charge on any atom is 0.183 e. The van der Waals surface area contributed by atoms with Crippen LogP contribution >= 0.6 is 0 Å². The van der Waals surface area contributed by atoms with Gasteiger partial charge in [-0.15, -0.1) is 10.2 Å². The summed E-state index contributed by atoms with van der Waals surface area (Å²) in [5.74, 6) is 4.00. The molecule has 2 aromatic heterocycles. The van der Waals surface area contributed by atoms with Crippen molar-refractivity contribution in [3.8, 4) is 23.0 Å². The standard InChI is InChI=1S/C22H27N5O/c1-3-20-24-25-22-21-16(17(14-26(20)22)15-9-5-4-6-10-15)13-23-27(21)18-11-7-8-12-19(18)28-2/h7-8,11-13,15,17H,3-6,9-10,14H2,1-2H3. The van der Waals surface area contributed by atoms with Crippen molar-refractivity contribution in [1.29, 1.82) is 0 Å². The van der Waals surface area contributed by atoms with Crippen LogP contribution in [0.4, 0.5) is 0 Å². The van der Waals surface area contributed by atoms with Crippen molar-refractivity contribution in [2.24, 2.45) is 5.92 Å². The molecule has 1 unspecified atom stereocenters. The average molecular weight is 377 g/mol. The summed E-state index contributed by atoms with van der Waals surface area (Å²) in [4.78, 5) is 0. The van der Waals surface area contributed by atoms with Gasteiger partial charge in [0.05, 0.1) is 13.3 Å². The molecule has 0 radical (unpaired) electrons. The van der Waals surface area contributed by atoms with Gasteiger partial charge in [-0.25, -0.2) is 4.68 Å².